The lowest BCUT2D eigenvalue weighted by atomic mass is 9.37. The topological polar surface area (TPSA) is 24.1 Å². The van der Waals surface area contributed by atoms with Crippen LogP contribution in [0.25, 0.3) is 0 Å². The van der Waals surface area contributed by atoms with Crippen molar-refractivity contribution >= 4 is 30.4 Å². The molecule has 8 bridgehead atoms. The zero-order valence-corrected chi connectivity index (χ0v) is 32.8. The molecule has 5 heteroatoms. The molecule has 0 amide bonds. The van der Waals surface area contributed by atoms with Crippen molar-refractivity contribution in [3.8, 4) is 0 Å². The molecule has 254 valence electrons. The molecule has 46 heavy (non-hydrogen) atoms. The number of benzene rings is 1. The molecule has 8 saturated carbocycles. The Morgan fingerprint density at radius 1 is 0.696 bits per heavy atom. The Kier molecular flexibility index (Phi) is 8.31. The van der Waals surface area contributed by atoms with E-state index in [0.29, 0.717) is 10.8 Å². The van der Waals surface area contributed by atoms with Crippen LogP contribution in [0.15, 0.2) is 18.2 Å². The number of hydrogen-bond acceptors (Lipinski definition) is 2. The van der Waals surface area contributed by atoms with Gasteiger partial charge in [0.2, 0.25) is 0 Å². The van der Waals surface area contributed by atoms with Gasteiger partial charge in [-0.15, -0.1) is 9.24 Å². The van der Waals surface area contributed by atoms with Gasteiger partial charge in [-0.1, -0.05) is 63.8 Å². The molecule has 3 atom stereocenters. The second kappa shape index (κ2) is 11.9. The van der Waals surface area contributed by atoms with Gasteiger partial charge in [0, 0.05) is 16.7 Å². The maximum absolute atomic E-state index is 4.15. The summed E-state index contributed by atoms with van der Waals surface area (Å²) in [6, 6.07) is 8.41. The van der Waals surface area contributed by atoms with Crippen LogP contribution in [0.5, 0.6) is 0 Å². The Morgan fingerprint density at radius 3 is 1.50 bits per heavy atom. The molecule has 8 aliphatic carbocycles. The van der Waals surface area contributed by atoms with E-state index in [2.05, 4.69) is 57.7 Å². The van der Waals surface area contributed by atoms with E-state index in [1.54, 1.807) is 82.2 Å². The molecular weight excluding hydrogens is 610 g/mol. The molecule has 10 fully saturated rings. The summed E-state index contributed by atoms with van der Waals surface area (Å²) < 4.78 is 0. The molecule has 0 aromatic heterocycles. The van der Waals surface area contributed by atoms with Gasteiger partial charge in [-0.3, -0.25) is 0 Å². The quantitative estimate of drug-likeness (QED) is 0.212. The Bertz CT molecular complexity index is 1160. The summed E-state index contributed by atoms with van der Waals surface area (Å²) in [7, 11) is 2.34. The van der Waals surface area contributed by atoms with E-state index in [9.17, 15) is 0 Å². The fourth-order valence-corrected chi connectivity index (χ4v) is 20.2. The van der Waals surface area contributed by atoms with E-state index in [1.807, 2.05) is 11.1 Å². The molecule has 0 radical (unpaired) electrons. The fraction of sp³-hybridized carbons (Fsp3) is 0.854. The number of rotatable bonds is 8. The molecule has 2 heterocycles. The minimum Gasteiger partial charge on any atom is -0.310 e. The largest absolute Gasteiger partial charge is 0.310 e. The lowest BCUT2D eigenvalue weighted by molar-refractivity contribution is -0.158. The second-order valence-corrected chi connectivity index (χ2v) is 28.5. The average molecular weight is 677 g/mol. The van der Waals surface area contributed by atoms with Crippen molar-refractivity contribution in [2.24, 2.45) is 46.3 Å². The van der Waals surface area contributed by atoms with Crippen LogP contribution in [-0.4, -0.2) is 32.7 Å². The van der Waals surface area contributed by atoms with Crippen molar-refractivity contribution in [1.29, 1.82) is 0 Å². The first-order valence-corrected chi connectivity index (χ1v) is 26.0. The molecule has 2 saturated heterocycles. The highest BCUT2D eigenvalue weighted by Crippen LogP contribution is 2.78. The van der Waals surface area contributed by atoms with Crippen molar-refractivity contribution in [3.05, 3.63) is 29.3 Å². The van der Waals surface area contributed by atoms with E-state index in [0.717, 1.165) is 47.1 Å². The van der Waals surface area contributed by atoms with Crippen LogP contribution in [0.2, 0.25) is 19.6 Å². The third-order valence-electron chi connectivity index (χ3n) is 15.9. The zero-order chi connectivity index (χ0) is 31.3. The zero-order valence-electron chi connectivity index (χ0n) is 29.7. The maximum atomic E-state index is 4.15. The smallest absolute Gasteiger partial charge is 0.0776 e. The van der Waals surface area contributed by atoms with Crippen LogP contribution < -0.4 is 15.8 Å². The summed E-state index contributed by atoms with van der Waals surface area (Å²) in [5.74, 6) is 7.56. The number of piperidine rings is 2. The van der Waals surface area contributed by atoms with Gasteiger partial charge in [0.25, 0.3) is 0 Å². The molecule has 1 aromatic rings. The third kappa shape index (κ3) is 5.27. The van der Waals surface area contributed by atoms with Gasteiger partial charge in [0.05, 0.1) is 8.07 Å². The highest BCUT2D eigenvalue weighted by atomic mass is 31.1. The highest BCUT2D eigenvalue weighted by Gasteiger charge is 2.69. The Hall–Kier alpha value is 0.217. The van der Waals surface area contributed by atoms with Crippen LogP contribution in [0.1, 0.15) is 127 Å². The predicted octanol–water partition coefficient (Wildman–Crippen LogP) is 9.92. The van der Waals surface area contributed by atoms with Crippen LogP contribution in [-0.2, 0) is 11.3 Å². The van der Waals surface area contributed by atoms with Crippen molar-refractivity contribution in [1.82, 2.24) is 10.6 Å². The first-order chi connectivity index (χ1) is 22.1. The molecule has 2 N–H and O–H groups in total. The van der Waals surface area contributed by atoms with E-state index < -0.39 is 8.07 Å². The molecule has 2 aliphatic heterocycles. The summed E-state index contributed by atoms with van der Waals surface area (Å²) in [5, 5.41) is 10.3. The minimum atomic E-state index is -1.45. The molecule has 0 spiro atoms. The Labute approximate surface area is 286 Å². The summed E-state index contributed by atoms with van der Waals surface area (Å²) in [6.07, 6.45) is 28.4. The van der Waals surface area contributed by atoms with Gasteiger partial charge in [-0.25, -0.2) is 0 Å². The Morgan fingerprint density at radius 2 is 1.13 bits per heavy atom. The highest BCUT2D eigenvalue weighted by molar-refractivity contribution is 7.58. The van der Waals surface area contributed by atoms with Crippen molar-refractivity contribution in [3.63, 3.8) is 0 Å². The average Bonchev–Trinajstić information content (AvgIpc) is 3.02. The van der Waals surface area contributed by atoms with Crippen LogP contribution in [0.3, 0.4) is 0 Å². The molecule has 11 rings (SSSR count). The summed E-state index contributed by atoms with van der Waals surface area (Å²) in [5.41, 5.74) is 4.72. The first kappa shape index (κ1) is 32.1. The van der Waals surface area contributed by atoms with Gasteiger partial charge >= 0.3 is 0 Å². The lowest BCUT2D eigenvalue weighted by Gasteiger charge is -2.72. The molecular formula is C41H66N2P2Si. The lowest BCUT2D eigenvalue weighted by Crippen LogP contribution is -2.64. The van der Waals surface area contributed by atoms with E-state index in [4.69, 9.17) is 0 Å². The molecule has 2 nitrogen and oxygen atoms in total. The van der Waals surface area contributed by atoms with Crippen molar-refractivity contribution < 1.29 is 0 Å². The standard InChI is InChI=1S/C41H66N2P2Si/c1-46(2,3)35-10-11-36(34(20-35)27-45(37-8-4-6-12-42-37)38-9-5-7-13-43-38)41(44,39-21-28-14-29(22-39)16-30(15-28)23-39)40-24-31-17-32(25-40)19-33(18-31)26-40/h10-11,20,28-33,37-38,42-43H,4-9,12-19,21-27,44H2,1-3H3. The van der Waals surface area contributed by atoms with Crippen molar-refractivity contribution in [2.75, 3.05) is 13.1 Å². The molecule has 10 aliphatic rings. The van der Waals surface area contributed by atoms with Gasteiger partial charge in [0.15, 0.2) is 0 Å². The van der Waals surface area contributed by atoms with Gasteiger partial charge < -0.3 is 10.6 Å². The van der Waals surface area contributed by atoms with Gasteiger partial charge in [0.1, 0.15) is 0 Å². The van der Waals surface area contributed by atoms with Gasteiger partial charge in [-0.2, -0.15) is 0 Å². The van der Waals surface area contributed by atoms with Crippen LogP contribution in [0, 0.1) is 46.3 Å². The molecule has 1 aromatic carbocycles. The van der Waals surface area contributed by atoms with E-state index >= 15 is 0 Å². The summed E-state index contributed by atoms with van der Waals surface area (Å²) >= 11 is 0. The number of hydrogen-bond donors (Lipinski definition) is 2. The fourth-order valence-electron chi connectivity index (χ4n) is 14.8. The van der Waals surface area contributed by atoms with Gasteiger partial charge in [-0.05, 0) is 179 Å². The monoisotopic (exact) mass is 676 g/mol. The summed E-state index contributed by atoms with van der Waals surface area (Å²) in [6.45, 7) is 10.3. The predicted molar refractivity (Wildman–Crippen MR) is 204 cm³/mol. The Balaban J connectivity index is 1.21. The summed E-state index contributed by atoms with van der Waals surface area (Å²) in [4.78, 5) is 0. The normalized spacial score (nSPS) is 45.1. The maximum Gasteiger partial charge on any atom is 0.0776 e. The van der Waals surface area contributed by atoms with Crippen molar-refractivity contribution in [2.45, 2.75) is 158 Å². The minimum absolute atomic E-state index is 0.167. The molecule has 3 unspecified atom stereocenters. The third-order valence-corrected chi connectivity index (χ3v) is 22.6. The van der Waals surface area contributed by atoms with E-state index in [1.165, 1.54) is 57.8 Å². The van der Waals surface area contributed by atoms with E-state index in [-0.39, 0.29) is 13.1 Å². The second-order valence-electron chi connectivity index (χ2n) is 19.9. The van der Waals surface area contributed by atoms with Crippen LogP contribution in [0.4, 0.5) is 0 Å². The SMILES string of the molecule is C[Si](C)(C)c1ccc(C(P)(C23CC4CC(CC(C4)C2)C3)C23CC4CC(CC(C4)C2)C3)c(CP(C2CCCCN2)C2CCCCN2)c1. The number of nitrogens with one attached hydrogen (secondary N) is 2. The van der Waals surface area contributed by atoms with Crippen LogP contribution >= 0.6 is 17.2 Å². The first-order valence-electron chi connectivity index (χ1n) is 20.3.